The van der Waals surface area contributed by atoms with Gasteiger partial charge in [0.05, 0.1) is 0 Å². The topological polar surface area (TPSA) is 94.8 Å². The molecule has 0 heterocycles. The SMILES string of the molecule is C[C@]12CC[C@H]3[C@@H](CCC4CCCC[C@@]43C)[C@@H]1CC[C@@H]2[C@](C)(C#CC(=O)O)P(=O)(O)O. The number of carbonyl (C=O) groups is 1. The first-order valence-corrected chi connectivity index (χ1v) is 13.4. The van der Waals surface area contributed by atoms with Crippen LogP contribution in [0.2, 0.25) is 0 Å². The summed E-state index contributed by atoms with van der Waals surface area (Å²) in [7, 11) is -4.61. The van der Waals surface area contributed by atoms with Crippen molar-refractivity contribution in [2.75, 3.05) is 0 Å². The van der Waals surface area contributed by atoms with Crippen LogP contribution in [0.4, 0.5) is 0 Å². The fourth-order valence-corrected chi connectivity index (χ4v) is 9.79. The molecular formula is C24H37O5P. The van der Waals surface area contributed by atoms with Gasteiger partial charge in [0, 0.05) is 5.92 Å². The average molecular weight is 437 g/mol. The molecule has 8 atom stereocenters. The second kappa shape index (κ2) is 7.36. The third-order valence-corrected chi connectivity index (χ3v) is 11.9. The summed E-state index contributed by atoms with van der Waals surface area (Å²) < 4.78 is 12.6. The van der Waals surface area contributed by atoms with Gasteiger partial charge in [-0.25, -0.2) is 4.79 Å². The first-order valence-electron chi connectivity index (χ1n) is 11.8. The molecule has 4 fully saturated rings. The summed E-state index contributed by atoms with van der Waals surface area (Å²) >= 11 is 0. The van der Waals surface area contributed by atoms with E-state index in [-0.39, 0.29) is 11.3 Å². The summed E-state index contributed by atoms with van der Waals surface area (Å²) in [6.45, 7) is 6.26. The average Bonchev–Trinajstić information content (AvgIpc) is 3.02. The zero-order valence-corrected chi connectivity index (χ0v) is 19.5. The van der Waals surface area contributed by atoms with Crippen molar-refractivity contribution in [2.24, 2.45) is 40.4 Å². The maximum Gasteiger partial charge on any atom is 0.381 e. The lowest BCUT2D eigenvalue weighted by atomic mass is 9.44. The first-order chi connectivity index (χ1) is 13.9. The molecule has 6 heteroatoms. The lowest BCUT2D eigenvalue weighted by molar-refractivity contribution is -0.130. The van der Waals surface area contributed by atoms with Crippen molar-refractivity contribution in [1.29, 1.82) is 0 Å². The van der Waals surface area contributed by atoms with E-state index in [4.69, 9.17) is 5.11 Å². The molecule has 1 unspecified atom stereocenters. The van der Waals surface area contributed by atoms with Crippen LogP contribution in [0.15, 0.2) is 0 Å². The molecule has 30 heavy (non-hydrogen) atoms. The molecule has 0 aliphatic heterocycles. The monoisotopic (exact) mass is 436 g/mol. The summed E-state index contributed by atoms with van der Waals surface area (Å²) in [4.78, 5) is 31.6. The third kappa shape index (κ3) is 3.21. The van der Waals surface area contributed by atoms with Gasteiger partial charge in [-0.2, -0.15) is 0 Å². The van der Waals surface area contributed by atoms with Gasteiger partial charge >= 0.3 is 13.6 Å². The summed E-state index contributed by atoms with van der Waals surface area (Å²) in [5.41, 5.74) is 0.234. The standard InChI is InChI=1S/C24H37O5P/c1-22-13-5-4-6-16(22)7-8-17-18-9-10-20(23(18,2)14-11-19(17)22)24(3,30(27,28)29)15-12-21(25)26/h16-20H,4-11,13-14H2,1-3H3,(H,25,26)(H2,27,28,29)/t16?,17-,18-,19-,20-,22-,23-,24-/m0/s1. The van der Waals surface area contributed by atoms with Gasteiger partial charge in [0.25, 0.3) is 0 Å². The van der Waals surface area contributed by atoms with Crippen molar-refractivity contribution in [3.05, 3.63) is 0 Å². The van der Waals surface area contributed by atoms with E-state index in [1.54, 1.807) is 0 Å². The number of aliphatic carboxylic acids is 1. The fraction of sp³-hybridized carbons (Fsp3) is 0.875. The molecule has 3 N–H and O–H groups in total. The molecule has 0 aromatic rings. The molecule has 168 valence electrons. The molecule has 0 saturated heterocycles. The highest BCUT2D eigenvalue weighted by Gasteiger charge is 2.65. The van der Waals surface area contributed by atoms with E-state index in [0.717, 1.165) is 37.5 Å². The molecule has 0 spiro atoms. The molecule has 0 aromatic heterocycles. The molecule has 0 radical (unpaired) electrons. The Morgan fingerprint density at radius 2 is 1.67 bits per heavy atom. The zero-order valence-electron chi connectivity index (χ0n) is 18.6. The summed E-state index contributed by atoms with van der Waals surface area (Å²) in [6, 6.07) is 0. The highest BCUT2D eigenvalue weighted by atomic mass is 31.2. The van der Waals surface area contributed by atoms with E-state index >= 15 is 0 Å². The molecule has 4 saturated carbocycles. The summed E-state index contributed by atoms with van der Waals surface area (Å²) in [5.74, 6) is 5.64. The lowest BCUT2D eigenvalue weighted by Crippen LogP contribution is -2.54. The van der Waals surface area contributed by atoms with Crippen LogP contribution in [0.5, 0.6) is 0 Å². The molecule has 0 aromatic carbocycles. The van der Waals surface area contributed by atoms with Crippen LogP contribution >= 0.6 is 7.60 Å². The second-order valence-electron chi connectivity index (χ2n) is 11.3. The Bertz CT molecular complexity index is 823. The molecule has 0 bridgehead atoms. The minimum absolute atomic E-state index is 0.192. The molecule has 4 aliphatic carbocycles. The minimum Gasteiger partial charge on any atom is -0.472 e. The molecule has 0 amide bonds. The number of hydrogen-bond donors (Lipinski definition) is 3. The van der Waals surface area contributed by atoms with Gasteiger partial charge < -0.3 is 14.9 Å². The Kier molecular flexibility index (Phi) is 5.49. The maximum absolute atomic E-state index is 12.6. The number of carboxylic acid groups (broad SMARTS) is 1. The van der Waals surface area contributed by atoms with Crippen LogP contribution in [-0.4, -0.2) is 26.0 Å². The van der Waals surface area contributed by atoms with E-state index in [1.165, 1.54) is 45.4 Å². The highest BCUT2D eigenvalue weighted by Crippen LogP contribution is 2.71. The zero-order chi connectivity index (χ0) is 21.9. The predicted molar refractivity (Wildman–Crippen MR) is 116 cm³/mol. The van der Waals surface area contributed by atoms with Crippen LogP contribution in [0.3, 0.4) is 0 Å². The van der Waals surface area contributed by atoms with E-state index in [1.807, 2.05) is 0 Å². The smallest absolute Gasteiger partial charge is 0.381 e. The molecule has 4 aliphatic rings. The normalized spacial score (nSPS) is 45.2. The van der Waals surface area contributed by atoms with Crippen molar-refractivity contribution < 1.29 is 24.3 Å². The molecular weight excluding hydrogens is 399 g/mol. The van der Waals surface area contributed by atoms with Gasteiger partial charge in [-0.15, -0.1) is 0 Å². The molecule has 5 nitrogen and oxygen atoms in total. The Morgan fingerprint density at radius 1 is 0.967 bits per heavy atom. The van der Waals surface area contributed by atoms with Crippen LogP contribution < -0.4 is 0 Å². The number of fused-ring (bicyclic) bond motifs is 5. The van der Waals surface area contributed by atoms with Crippen LogP contribution in [0.25, 0.3) is 0 Å². The summed E-state index contributed by atoms with van der Waals surface area (Å²) in [6.07, 6.45) is 11.7. The van der Waals surface area contributed by atoms with Crippen LogP contribution in [0, 0.1) is 52.3 Å². The van der Waals surface area contributed by atoms with Gasteiger partial charge in [-0.05, 0) is 98.7 Å². The Morgan fingerprint density at radius 3 is 2.33 bits per heavy atom. The van der Waals surface area contributed by atoms with E-state index < -0.39 is 18.7 Å². The Balaban J connectivity index is 1.68. The third-order valence-electron chi connectivity index (χ3n) is 10.3. The molecule has 4 rings (SSSR count). The van der Waals surface area contributed by atoms with Crippen LogP contribution in [-0.2, 0) is 9.36 Å². The predicted octanol–water partition coefficient (Wildman–Crippen LogP) is 5.06. The van der Waals surface area contributed by atoms with Gasteiger partial charge in [-0.1, -0.05) is 32.6 Å². The van der Waals surface area contributed by atoms with Crippen molar-refractivity contribution >= 4 is 13.6 Å². The van der Waals surface area contributed by atoms with Crippen molar-refractivity contribution in [1.82, 2.24) is 0 Å². The first kappa shape index (κ1) is 22.4. The summed E-state index contributed by atoms with van der Waals surface area (Å²) in [5, 5.41) is 7.44. The second-order valence-corrected chi connectivity index (χ2v) is 13.3. The van der Waals surface area contributed by atoms with Crippen molar-refractivity contribution in [2.45, 2.75) is 90.1 Å². The minimum atomic E-state index is -4.61. The largest absolute Gasteiger partial charge is 0.472 e. The van der Waals surface area contributed by atoms with E-state index in [9.17, 15) is 19.1 Å². The van der Waals surface area contributed by atoms with Crippen molar-refractivity contribution in [3.63, 3.8) is 0 Å². The van der Waals surface area contributed by atoms with Crippen molar-refractivity contribution in [3.8, 4) is 11.8 Å². The van der Waals surface area contributed by atoms with Crippen LogP contribution in [0.1, 0.15) is 85.0 Å². The number of hydrogen-bond acceptors (Lipinski definition) is 2. The van der Waals surface area contributed by atoms with E-state index in [0.29, 0.717) is 17.3 Å². The quantitative estimate of drug-likeness (QED) is 0.415. The fourth-order valence-electron chi connectivity index (χ4n) is 8.76. The number of rotatable bonds is 2. The number of carboxylic acids is 1. The lowest BCUT2D eigenvalue weighted by Gasteiger charge is -2.61. The highest BCUT2D eigenvalue weighted by molar-refractivity contribution is 7.54. The van der Waals surface area contributed by atoms with Gasteiger partial charge in [-0.3, -0.25) is 4.57 Å². The van der Waals surface area contributed by atoms with Gasteiger partial charge in [0.15, 0.2) is 0 Å². The Labute approximate surface area is 180 Å². The maximum atomic E-state index is 12.6. The van der Waals surface area contributed by atoms with Gasteiger partial charge in [0.1, 0.15) is 5.16 Å². The van der Waals surface area contributed by atoms with Gasteiger partial charge in [0.2, 0.25) is 0 Å². The van der Waals surface area contributed by atoms with E-state index in [2.05, 4.69) is 25.7 Å². The Hall–Kier alpha value is -0.820.